The summed E-state index contributed by atoms with van der Waals surface area (Å²) in [5.41, 5.74) is 0. The van der Waals surface area contributed by atoms with Gasteiger partial charge in [-0.25, -0.2) is 0 Å². The summed E-state index contributed by atoms with van der Waals surface area (Å²) in [6, 6.07) is 0. The fraction of sp³-hybridized carbons (Fsp3) is 0.923. The van der Waals surface area contributed by atoms with Crippen molar-refractivity contribution < 1.29 is 44.2 Å². The minimum atomic E-state index is -1.53. The van der Waals surface area contributed by atoms with E-state index in [2.05, 4.69) is 19.1 Å². The van der Waals surface area contributed by atoms with E-state index in [0.29, 0.717) is 13.0 Å². The maximum atomic E-state index is 12.1. The Morgan fingerprint density at radius 3 is 1.65 bits per heavy atom. The number of hydrogen-bond donors (Lipinski definition) is 4. The standard InChI is InChI=1S/C39H74O9/c1-3-5-6-7-8-9-10-11-12-13-14-15-16-17-18-19-20-21-22-23-24-25-26-27-29-45-31-33(47-35(41)28-4-2)32-46-39-38(44)37(43)36(42)34(30-40)48-39/h13-14,33-34,36-40,42-44H,3-12,15-32H2,1-2H3/b14-13-. The number of hydrogen-bond acceptors (Lipinski definition) is 9. The van der Waals surface area contributed by atoms with Crippen molar-refractivity contribution in [2.45, 2.75) is 205 Å². The number of ether oxygens (including phenoxy) is 4. The molecule has 6 unspecified atom stereocenters. The van der Waals surface area contributed by atoms with Crippen LogP contribution < -0.4 is 0 Å². The molecule has 0 spiro atoms. The average molecular weight is 687 g/mol. The average Bonchev–Trinajstić information content (AvgIpc) is 3.08. The maximum Gasteiger partial charge on any atom is 0.306 e. The Bertz CT molecular complexity index is 747. The summed E-state index contributed by atoms with van der Waals surface area (Å²) in [5, 5.41) is 39.5. The van der Waals surface area contributed by atoms with E-state index in [4.69, 9.17) is 18.9 Å². The lowest BCUT2D eigenvalue weighted by Crippen LogP contribution is -2.59. The number of aliphatic hydroxyl groups is 4. The molecule has 1 aliphatic rings. The van der Waals surface area contributed by atoms with E-state index in [-0.39, 0.29) is 25.6 Å². The summed E-state index contributed by atoms with van der Waals surface area (Å²) in [5.74, 6) is -0.365. The molecular weight excluding hydrogens is 612 g/mol. The quantitative estimate of drug-likeness (QED) is 0.0311. The van der Waals surface area contributed by atoms with Crippen LogP contribution in [0.4, 0.5) is 0 Å². The van der Waals surface area contributed by atoms with Gasteiger partial charge < -0.3 is 39.4 Å². The van der Waals surface area contributed by atoms with Gasteiger partial charge in [-0.15, -0.1) is 0 Å². The van der Waals surface area contributed by atoms with Crippen LogP contribution in [-0.4, -0.2) is 89.6 Å². The maximum absolute atomic E-state index is 12.1. The van der Waals surface area contributed by atoms with Crippen molar-refractivity contribution in [3.05, 3.63) is 12.2 Å². The predicted molar refractivity (Wildman–Crippen MR) is 192 cm³/mol. The molecule has 0 aromatic rings. The lowest BCUT2D eigenvalue weighted by molar-refractivity contribution is -0.305. The Hall–Kier alpha value is -1.07. The highest BCUT2D eigenvalue weighted by Crippen LogP contribution is 2.22. The van der Waals surface area contributed by atoms with Crippen LogP contribution in [0.25, 0.3) is 0 Å². The summed E-state index contributed by atoms with van der Waals surface area (Å²) in [6.45, 7) is 4.20. The van der Waals surface area contributed by atoms with Crippen molar-refractivity contribution in [3.8, 4) is 0 Å². The third-order valence-electron chi connectivity index (χ3n) is 9.15. The normalized spacial score (nSPS) is 22.0. The van der Waals surface area contributed by atoms with Gasteiger partial charge in [-0.1, -0.05) is 135 Å². The van der Waals surface area contributed by atoms with Gasteiger partial charge in [0.05, 0.1) is 19.8 Å². The zero-order valence-electron chi connectivity index (χ0n) is 30.7. The minimum absolute atomic E-state index is 0.116. The molecule has 0 saturated carbocycles. The molecule has 9 heteroatoms. The largest absolute Gasteiger partial charge is 0.457 e. The lowest BCUT2D eigenvalue weighted by Gasteiger charge is -2.39. The van der Waals surface area contributed by atoms with Crippen LogP contribution in [-0.2, 0) is 23.7 Å². The van der Waals surface area contributed by atoms with Crippen LogP contribution in [0.3, 0.4) is 0 Å². The molecule has 1 rings (SSSR count). The summed E-state index contributed by atoms with van der Waals surface area (Å²) in [4.78, 5) is 12.1. The first-order valence-corrected chi connectivity index (χ1v) is 19.8. The molecule has 0 radical (unpaired) electrons. The molecule has 1 fully saturated rings. The first kappa shape index (κ1) is 45.0. The van der Waals surface area contributed by atoms with E-state index in [1.807, 2.05) is 6.92 Å². The summed E-state index contributed by atoms with van der Waals surface area (Å²) < 4.78 is 22.2. The molecule has 4 N–H and O–H groups in total. The first-order chi connectivity index (χ1) is 23.4. The van der Waals surface area contributed by atoms with E-state index in [0.717, 1.165) is 12.8 Å². The topological polar surface area (TPSA) is 135 Å². The van der Waals surface area contributed by atoms with Crippen molar-refractivity contribution in [1.82, 2.24) is 0 Å². The molecule has 6 atom stereocenters. The second kappa shape index (κ2) is 31.9. The Morgan fingerprint density at radius 2 is 1.15 bits per heavy atom. The highest BCUT2D eigenvalue weighted by molar-refractivity contribution is 5.69. The Labute approximate surface area is 293 Å². The Balaban J connectivity index is 1.99. The predicted octanol–water partition coefficient (Wildman–Crippen LogP) is 7.69. The van der Waals surface area contributed by atoms with E-state index in [1.165, 1.54) is 128 Å². The van der Waals surface area contributed by atoms with E-state index in [9.17, 15) is 25.2 Å². The van der Waals surface area contributed by atoms with Gasteiger partial charge in [0.1, 0.15) is 30.5 Å². The van der Waals surface area contributed by atoms with Crippen LogP contribution in [0.2, 0.25) is 0 Å². The Morgan fingerprint density at radius 1 is 0.646 bits per heavy atom. The molecule has 0 bridgehead atoms. The molecule has 1 aliphatic heterocycles. The van der Waals surface area contributed by atoms with Crippen molar-refractivity contribution >= 4 is 5.97 Å². The van der Waals surface area contributed by atoms with Gasteiger partial charge in [0.15, 0.2) is 6.29 Å². The summed E-state index contributed by atoms with van der Waals surface area (Å²) in [6.07, 6.45) is 27.0. The zero-order valence-corrected chi connectivity index (χ0v) is 30.7. The third-order valence-corrected chi connectivity index (χ3v) is 9.15. The molecule has 0 aromatic carbocycles. The monoisotopic (exact) mass is 687 g/mol. The van der Waals surface area contributed by atoms with Gasteiger partial charge in [-0.05, 0) is 38.5 Å². The molecule has 0 aliphatic carbocycles. The van der Waals surface area contributed by atoms with Crippen LogP contribution in [0.15, 0.2) is 12.2 Å². The van der Waals surface area contributed by atoms with Crippen LogP contribution in [0.5, 0.6) is 0 Å². The highest BCUT2D eigenvalue weighted by Gasteiger charge is 2.44. The fourth-order valence-corrected chi connectivity index (χ4v) is 6.05. The molecule has 1 heterocycles. The highest BCUT2D eigenvalue weighted by atomic mass is 16.7. The smallest absolute Gasteiger partial charge is 0.306 e. The van der Waals surface area contributed by atoms with Crippen molar-refractivity contribution in [2.24, 2.45) is 0 Å². The van der Waals surface area contributed by atoms with Crippen LogP contribution in [0, 0.1) is 0 Å². The van der Waals surface area contributed by atoms with Gasteiger partial charge in [0.25, 0.3) is 0 Å². The van der Waals surface area contributed by atoms with E-state index in [1.54, 1.807) is 0 Å². The van der Waals surface area contributed by atoms with Crippen molar-refractivity contribution in [2.75, 3.05) is 26.4 Å². The number of unbranched alkanes of at least 4 members (excludes halogenated alkanes) is 20. The number of esters is 1. The third kappa shape index (κ3) is 23.4. The molecule has 1 saturated heterocycles. The number of carbonyl (C=O) groups is 1. The number of allylic oxidation sites excluding steroid dienone is 2. The molecule has 0 amide bonds. The number of rotatable bonds is 33. The lowest BCUT2D eigenvalue weighted by atomic mass is 9.99. The van der Waals surface area contributed by atoms with E-state index >= 15 is 0 Å². The van der Waals surface area contributed by atoms with Gasteiger partial charge >= 0.3 is 5.97 Å². The van der Waals surface area contributed by atoms with Crippen molar-refractivity contribution in [1.29, 1.82) is 0 Å². The second-order valence-electron chi connectivity index (χ2n) is 13.7. The van der Waals surface area contributed by atoms with Gasteiger partial charge in [-0.3, -0.25) is 4.79 Å². The first-order valence-electron chi connectivity index (χ1n) is 19.8. The van der Waals surface area contributed by atoms with Gasteiger partial charge in [-0.2, -0.15) is 0 Å². The molecular formula is C39H74O9. The second-order valence-corrected chi connectivity index (χ2v) is 13.7. The minimum Gasteiger partial charge on any atom is -0.457 e. The van der Waals surface area contributed by atoms with Crippen LogP contribution in [0.1, 0.15) is 168 Å². The molecule has 284 valence electrons. The summed E-state index contributed by atoms with van der Waals surface area (Å²) >= 11 is 0. The van der Waals surface area contributed by atoms with Gasteiger partial charge in [0, 0.05) is 13.0 Å². The SMILES string of the molecule is CCCCCCCCCC/C=C\CCCCCCCCCCCCCCOCC(COC1OC(CO)C(O)C(O)C1O)OC(=O)CCC. The fourth-order valence-electron chi connectivity index (χ4n) is 6.05. The Kier molecular flexibility index (Phi) is 29.9. The number of aliphatic hydroxyl groups excluding tert-OH is 4. The number of carbonyl (C=O) groups excluding carboxylic acids is 1. The molecule has 48 heavy (non-hydrogen) atoms. The van der Waals surface area contributed by atoms with Crippen molar-refractivity contribution in [3.63, 3.8) is 0 Å². The van der Waals surface area contributed by atoms with Gasteiger partial charge in [0.2, 0.25) is 0 Å². The van der Waals surface area contributed by atoms with Crippen LogP contribution >= 0.6 is 0 Å². The van der Waals surface area contributed by atoms with E-state index < -0.39 is 43.4 Å². The molecule has 0 aromatic heterocycles. The molecule has 9 nitrogen and oxygen atoms in total. The summed E-state index contributed by atoms with van der Waals surface area (Å²) in [7, 11) is 0. The zero-order chi connectivity index (χ0) is 35.1.